The first-order valence-electron chi connectivity index (χ1n) is 16.6. The highest BCUT2D eigenvalue weighted by molar-refractivity contribution is 5.93. The Hall–Kier alpha value is -4.29. The first kappa shape index (κ1) is 33.6. The molecular weight excluding hydrogens is 612 g/mol. The van der Waals surface area contributed by atoms with E-state index < -0.39 is 23.9 Å². The number of benzene rings is 3. The Kier molecular flexibility index (Phi) is 10.4. The molecule has 48 heavy (non-hydrogen) atoms. The maximum Gasteiger partial charge on any atom is 0.303 e. The van der Waals surface area contributed by atoms with Gasteiger partial charge in [0, 0.05) is 50.8 Å². The molecule has 11 nitrogen and oxygen atoms in total. The second-order valence-electron chi connectivity index (χ2n) is 12.8. The number of esters is 1. The lowest BCUT2D eigenvalue weighted by Gasteiger charge is -2.45. The van der Waals surface area contributed by atoms with E-state index in [1.807, 2.05) is 66.7 Å². The number of carbonyl (C=O) groups excluding carboxylic acids is 3. The second kappa shape index (κ2) is 14.9. The first-order chi connectivity index (χ1) is 23.2. The molecule has 3 aliphatic heterocycles. The molecule has 0 aliphatic carbocycles. The lowest BCUT2D eigenvalue weighted by atomic mass is 9.85. The van der Waals surface area contributed by atoms with Crippen LogP contribution in [0.1, 0.15) is 67.8 Å². The Morgan fingerprint density at radius 2 is 1.65 bits per heavy atom. The van der Waals surface area contributed by atoms with E-state index in [1.165, 1.54) is 13.8 Å². The quantitative estimate of drug-likeness (QED) is 0.280. The summed E-state index contributed by atoms with van der Waals surface area (Å²) >= 11 is 0. The summed E-state index contributed by atoms with van der Waals surface area (Å²) in [6.45, 7) is 5.84. The van der Waals surface area contributed by atoms with Crippen molar-refractivity contribution in [2.45, 2.75) is 76.4 Å². The summed E-state index contributed by atoms with van der Waals surface area (Å²) in [7, 11) is 0. The molecule has 11 heteroatoms. The van der Waals surface area contributed by atoms with Crippen molar-refractivity contribution in [2.75, 3.05) is 31.2 Å². The van der Waals surface area contributed by atoms with Crippen molar-refractivity contribution in [2.24, 2.45) is 0 Å². The fourth-order valence-corrected chi connectivity index (χ4v) is 6.89. The first-order valence-corrected chi connectivity index (χ1v) is 16.6. The number of nitrogens with zero attached hydrogens (tertiary/aromatic N) is 2. The van der Waals surface area contributed by atoms with E-state index in [0.29, 0.717) is 19.6 Å². The summed E-state index contributed by atoms with van der Waals surface area (Å²) in [6, 6.07) is 25.7. The van der Waals surface area contributed by atoms with Gasteiger partial charge in [-0.15, -0.1) is 0 Å². The molecule has 6 rings (SSSR count). The predicted octanol–water partition coefficient (Wildman–Crippen LogP) is 3.72. The summed E-state index contributed by atoms with van der Waals surface area (Å²) in [5, 5.41) is 15.4. The molecule has 3 saturated heterocycles. The van der Waals surface area contributed by atoms with Gasteiger partial charge in [0.1, 0.15) is 5.54 Å². The van der Waals surface area contributed by atoms with E-state index in [2.05, 4.69) is 32.6 Å². The standard InChI is InChI=1S/C37H44N4O7/c1-25(46-26(2)43)34(44)38-21-27-8-14-30(15-9-27)35-47-32(20-33(48-35)29-12-10-28(23-42)11-13-29)22-40-18-16-37(17-19-40)36(45)39-24-41(37)31-6-4-3-5-7-31/h3-15,25,32-33,35,42H,16-24H2,1-2H3,(H,38,44)(H,39,45). The van der Waals surface area contributed by atoms with Crippen LogP contribution in [0.25, 0.3) is 0 Å². The number of hydrogen-bond donors (Lipinski definition) is 3. The molecule has 2 amide bonds. The number of anilines is 1. The number of carbonyl (C=O) groups is 3. The Bertz CT molecular complexity index is 1560. The van der Waals surface area contributed by atoms with Crippen LogP contribution in [0.4, 0.5) is 5.69 Å². The van der Waals surface area contributed by atoms with Crippen molar-refractivity contribution in [3.05, 3.63) is 101 Å². The molecule has 3 aromatic rings. The highest BCUT2D eigenvalue weighted by atomic mass is 16.7. The van der Waals surface area contributed by atoms with Crippen molar-refractivity contribution >= 4 is 23.5 Å². The number of piperidine rings is 1. The van der Waals surface area contributed by atoms with Crippen molar-refractivity contribution in [3.63, 3.8) is 0 Å². The monoisotopic (exact) mass is 656 g/mol. The average Bonchev–Trinajstić information content (AvgIpc) is 3.42. The predicted molar refractivity (Wildman–Crippen MR) is 178 cm³/mol. The third-order valence-electron chi connectivity index (χ3n) is 9.60. The molecule has 0 radical (unpaired) electrons. The Morgan fingerprint density at radius 3 is 2.31 bits per heavy atom. The summed E-state index contributed by atoms with van der Waals surface area (Å²) in [5.41, 5.74) is 4.11. The zero-order chi connectivity index (χ0) is 33.7. The van der Waals surface area contributed by atoms with Crippen LogP contribution < -0.4 is 15.5 Å². The normalized spacial score (nSPS) is 23.0. The summed E-state index contributed by atoms with van der Waals surface area (Å²) in [5.74, 6) is -0.770. The number of aliphatic hydroxyl groups excluding tert-OH is 1. The van der Waals surface area contributed by atoms with E-state index >= 15 is 0 Å². The number of rotatable bonds is 10. The van der Waals surface area contributed by atoms with Gasteiger partial charge in [0.25, 0.3) is 5.91 Å². The molecule has 3 N–H and O–H groups in total. The molecule has 1 spiro atoms. The third kappa shape index (κ3) is 7.55. The van der Waals surface area contributed by atoms with Crippen LogP contribution in [0, 0.1) is 0 Å². The van der Waals surface area contributed by atoms with Crippen molar-refractivity contribution in [1.29, 1.82) is 0 Å². The molecule has 3 aliphatic rings. The number of ether oxygens (including phenoxy) is 3. The van der Waals surface area contributed by atoms with Gasteiger partial charge in [-0.1, -0.05) is 66.7 Å². The number of aliphatic hydroxyl groups is 1. The molecule has 3 fully saturated rings. The molecule has 4 atom stereocenters. The van der Waals surface area contributed by atoms with Crippen molar-refractivity contribution < 1.29 is 33.7 Å². The largest absolute Gasteiger partial charge is 0.453 e. The van der Waals surface area contributed by atoms with Crippen LogP contribution in [-0.2, 0) is 41.7 Å². The maximum atomic E-state index is 13.2. The van der Waals surface area contributed by atoms with E-state index in [9.17, 15) is 19.5 Å². The lowest BCUT2D eigenvalue weighted by Crippen LogP contribution is -2.57. The van der Waals surface area contributed by atoms with Gasteiger partial charge in [0.05, 0.1) is 25.5 Å². The molecular formula is C37H44N4O7. The van der Waals surface area contributed by atoms with E-state index in [-0.39, 0.29) is 37.2 Å². The minimum Gasteiger partial charge on any atom is -0.453 e. The summed E-state index contributed by atoms with van der Waals surface area (Å²) in [4.78, 5) is 41.2. The molecule has 254 valence electrons. The van der Waals surface area contributed by atoms with Crippen LogP contribution in [0.3, 0.4) is 0 Å². The van der Waals surface area contributed by atoms with Gasteiger partial charge in [-0.05, 0) is 48.6 Å². The fourth-order valence-electron chi connectivity index (χ4n) is 6.89. The Balaban J connectivity index is 1.12. The molecule has 4 unspecified atom stereocenters. The SMILES string of the molecule is CC(=O)OC(C)C(=O)NCc1ccc(C2OC(CN3CCC4(CC3)C(=O)NCN4c3ccccc3)CC(c3ccc(CO)cc3)O2)cc1. The van der Waals surface area contributed by atoms with Gasteiger partial charge >= 0.3 is 5.97 Å². The smallest absolute Gasteiger partial charge is 0.303 e. The zero-order valence-corrected chi connectivity index (χ0v) is 27.5. The fraction of sp³-hybridized carbons (Fsp3) is 0.432. The Morgan fingerprint density at radius 1 is 0.979 bits per heavy atom. The maximum absolute atomic E-state index is 13.2. The molecule has 0 bridgehead atoms. The van der Waals surface area contributed by atoms with E-state index in [0.717, 1.165) is 53.9 Å². The highest BCUT2D eigenvalue weighted by Gasteiger charge is 2.50. The molecule has 0 aromatic heterocycles. The van der Waals surface area contributed by atoms with E-state index in [1.54, 1.807) is 0 Å². The second-order valence-corrected chi connectivity index (χ2v) is 12.8. The molecule has 3 heterocycles. The van der Waals surface area contributed by atoms with Crippen LogP contribution in [0.2, 0.25) is 0 Å². The average molecular weight is 657 g/mol. The number of amides is 2. The van der Waals surface area contributed by atoms with Crippen LogP contribution in [0.15, 0.2) is 78.9 Å². The zero-order valence-electron chi connectivity index (χ0n) is 27.5. The van der Waals surface area contributed by atoms with E-state index in [4.69, 9.17) is 14.2 Å². The van der Waals surface area contributed by atoms with Crippen LogP contribution in [-0.4, -0.2) is 71.8 Å². The van der Waals surface area contributed by atoms with Crippen LogP contribution >= 0.6 is 0 Å². The molecule has 3 aromatic carbocycles. The van der Waals surface area contributed by atoms with Gasteiger partial charge in [0.2, 0.25) is 5.91 Å². The number of para-hydroxylation sites is 1. The van der Waals surface area contributed by atoms with Gasteiger partial charge in [-0.2, -0.15) is 0 Å². The highest BCUT2D eigenvalue weighted by Crippen LogP contribution is 2.40. The number of hydrogen-bond acceptors (Lipinski definition) is 9. The topological polar surface area (TPSA) is 130 Å². The third-order valence-corrected chi connectivity index (χ3v) is 9.60. The summed E-state index contributed by atoms with van der Waals surface area (Å²) < 4.78 is 18.1. The van der Waals surface area contributed by atoms with Crippen molar-refractivity contribution in [3.8, 4) is 0 Å². The van der Waals surface area contributed by atoms with Gasteiger partial charge in [0.15, 0.2) is 12.4 Å². The van der Waals surface area contributed by atoms with Crippen LogP contribution in [0.5, 0.6) is 0 Å². The number of likely N-dealkylation sites (tertiary alicyclic amines) is 1. The summed E-state index contributed by atoms with van der Waals surface area (Å²) in [6.07, 6.45) is 0.309. The van der Waals surface area contributed by atoms with Gasteiger partial charge in [-0.3, -0.25) is 14.4 Å². The minimum atomic E-state index is -0.866. The lowest BCUT2D eigenvalue weighted by molar-refractivity contribution is -0.253. The molecule has 0 saturated carbocycles. The minimum absolute atomic E-state index is 0.0220. The van der Waals surface area contributed by atoms with Gasteiger partial charge in [-0.25, -0.2) is 0 Å². The Labute approximate surface area is 281 Å². The number of nitrogens with one attached hydrogen (secondary N) is 2. The van der Waals surface area contributed by atoms with Gasteiger partial charge < -0.3 is 39.8 Å². The van der Waals surface area contributed by atoms with Crippen molar-refractivity contribution in [1.82, 2.24) is 15.5 Å².